The number of benzene rings is 1. The third-order valence-corrected chi connectivity index (χ3v) is 6.03. The lowest BCUT2D eigenvalue weighted by Gasteiger charge is -2.31. The van der Waals surface area contributed by atoms with Crippen molar-refractivity contribution in [1.82, 2.24) is 4.72 Å². The molecular weight excluding hydrogens is 350 g/mol. The molecule has 0 fully saturated rings. The molecule has 0 saturated heterocycles. The second-order valence-electron chi connectivity index (χ2n) is 4.82. The van der Waals surface area contributed by atoms with Crippen LogP contribution in [-0.2, 0) is 20.0 Å². The fourth-order valence-corrected chi connectivity index (χ4v) is 4.12. The molecular formula is C12H22ClN3O4S2. The summed E-state index contributed by atoms with van der Waals surface area (Å²) in [6.45, 7) is 3.81. The van der Waals surface area contributed by atoms with E-state index in [0.29, 0.717) is 12.8 Å². The average molecular weight is 372 g/mol. The molecule has 0 spiro atoms. The summed E-state index contributed by atoms with van der Waals surface area (Å²) in [6, 6.07) is 4.91. The summed E-state index contributed by atoms with van der Waals surface area (Å²) in [5, 5.41) is 5.01. The largest absolute Gasteiger partial charge is 0.329 e. The number of rotatable bonds is 7. The molecule has 0 saturated carbocycles. The second-order valence-corrected chi connectivity index (χ2v) is 8.06. The molecule has 0 radical (unpaired) electrons. The predicted molar refractivity (Wildman–Crippen MR) is 87.8 cm³/mol. The molecule has 0 unspecified atom stereocenters. The lowest BCUT2D eigenvalue weighted by molar-refractivity contribution is 0.363. The molecule has 0 aliphatic heterocycles. The molecule has 0 atom stereocenters. The van der Waals surface area contributed by atoms with Crippen molar-refractivity contribution in [3.05, 3.63) is 24.3 Å². The number of sulfonamides is 2. The van der Waals surface area contributed by atoms with Gasteiger partial charge in [-0.2, -0.15) is 0 Å². The quantitative estimate of drug-likeness (QED) is 0.643. The maximum Gasteiger partial charge on any atom is 0.241 e. The highest BCUT2D eigenvalue weighted by Crippen LogP contribution is 2.20. The van der Waals surface area contributed by atoms with E-state index in [9.17, 15) is 16.8 Å². The molecule has 0 heterocycles. The molecule has 7 nitrogen and oxygen atoms in total. The maximum atomic E-state index is 12.4. The molecule has 10 heteroatoms. The zero-order valence-electron chi connectivity index (χ0n) is 12.4. The van der Waals surface area contributed by atoms with Gasteiger partial charge in [-0.25, -0.2) is 26.7 Å². The van der Waals surface area contributed by atoms with Crippen molar-refractivity contribution >= 4 is 32.5 Å². The van der Waals surface area contributed by atoms with Crippen molar-refractivity contribution in [3.8, 4) is 0 Å². The van der Waals surface area contributed by atoms with Crippen LogP contribution >= 0.6 is 12.4 Å². The van der Waals surface area contributed by atoms with E-state index in [4.69, 9.17) is 10.9 Å². The summed E-state index contributed by atoms with van der Waals surface area (Å²) in [6.07, 6.45) is 1.04. The lowest BCUT2D eigenvalue weighted by atomic mass is 9.95. The Morgan fingerprint density at radius 1 is 1.09 bits per heavy atom. The fraction of sp³-hybridized carbons (Fsp3) is 0.500. The number of nitrogens with two attached hydrogens (primary N) is 2. The molecule has 1 aromatic carbocycles. The monoisotopic (exact) mass is 371 g/mol. The van der Waals surface area contributed by atoms with Gasteiger partial charge in [-0.1, -0.05) is 19.9 Å². The summed E-state index contributed by atoms with van der Waals surface area (Å²) in [5.41, 5.74) is 4.92. The van der Waals surface area contributed by atoms with Crippen LogP contribution in [-0.4, -0.2) is 28.9 Å². The number of halogens is 1. The Morgan fingerprint density at radius 2 is 1.59 bits per heavy atom. The van der Waals surface area contributed by atoms with Crippen LogP contribution in [0.1, 0.15) is 26.7 Å². The minimum Gasteiger partial charge on any atom is -0.329 e. The van der Waals surface area contributed by atoms with E-state index in [1.54, 1.807) is 0 Å². The van der Waals surface area contributed by atoms with Gasteiger partial charge in [-0.15, -0.1) is 12.4 Å². The molecule has 128 valence electrons. The number of hydrogen-bond acceptors (Lipinski definition) is 5. The minimum atomic E-state index is -3.96. The number of nitrogens with one attached hydrogen (secondary N) is 1. The van der Waals surface area contributed by atoms with Crippen LogP contribution in [0.2, 0.25) is 0 Å². The maximum absolute atomic E-state index is 12.4. The molecule has 22 heavy (non-hydrogen) atoms. The molecule has 1 rings (SSSR count). The van der Waals surface area contributed by atoms with Gasteiger partial charge in [0, 0.05) is 12.1 Å². The molecule has 1 aromatic rings. The predicted octanol–water partition coefficient (Wildman–Crippen LogP) is 0.552. The van der Waals surface area contributed by atoms with Gasteiger partial charge < -0.3 is 5.73 Å². The van der Waals surface area contributed by atoms with Crippen molar-refractivity contribution in [2.75, 3.05) is 6.54 Å². The van der Waals surface area contributed by atoms with Crippen molar-refractivity contribution in [2.45, 2.75) is 42.0 Å². The zero-order chi connectivity index (χ0) is 16.3. The van der Waals surface area contributed by atoms with Crippen LogP contribution in [0.3, 0.4) is 0 Å². The Labute approximate surface area is 138 Å². The zero-order valence-corrected chi connectivity index (χ0v) is 14.9. The average Bonchev–Trinajstić information content (AvgIpc) is 2.44. The number of primary sulfonamides is 1. The summed E-state index contributed by atoms with van der Waals surface area (Å²) in [5.74, 6) is 0. The Bertz CT molecular complexity index is 693. The second kappa shape index (κ2) is 7.71. The molecule has 0 bridgehead atoms. The van der Waals surface area contributed by atoms with Gasteiger partial charge in [0.15, 0.2) is 0 Å². The van der Waals surface area contributed by atoms with E-state index in [-0.39, 0.29) is 28.7 Å². The Balaban J connectivity index is 0.00000441. The molecule has 0 aliphatic carbocycles. The Kier molecular flexibility index (Phi) is 7.46. The summed E-state index contributed by atoms with van der Waals surface area (Å²) >= 11 is 0. The van der Waals surface area contributed by atoms with E-state index in [0.717, 1.165) is 6.07 Å². The third kappa shape index (κ3) is 4.90. The molecule has 5 N–H and O–H groups in total. The van der Waals surface area contributed by atoms with Crippen LogP contribution in [0.25, 0.3) is 0 Å². The van der Waals surface area contributed by atoms with Crippen LogP contribution in [0, 0.1) is 0 Å². The SMILES string of the molecule is CCC(CC)(CN)NS(=O)(=O)c1cccc(S(N)(=O)=O)c1.Cl. The van der Waals surface area contributed by atoms with Gasteiger partial charge in [-0.3, -0.25) is 0 Å². The van der Waals surface area contributed by atoms with E-state index in [1.807, 2.05) is 13.8 Å². The first-order chi connectivity index (χ1) is 9.60. The summed E-state index contributed by atoms with van der Waals surface area (Å²) < 4.78 is 50.0. The van der Waals surface area contributed by atoms with Crippen molar-refractivity contribution in [3.63, 3.8) is 0 Å². The van der Waals surface area contributed by atoms with Gasteiger partial charge in [0.1, 0.15) is 0 Å². The van der Waals surface area contributed by atoms with Crippen LogP contribution in [0.4, 0.5) is 0 Å². The van der Waals surface area contributed by atoms with Crippen molar-refractivity contribution in [1.29, 1.82) is 0 Å². The first-order valence-corrected chi connectivity index (χ1v) is 9.50. The summed E-state index contributed by atoms with van der Waals surface area (Å²) in [4.78, 5) is -0.412. The van der Waals surface area contributed by atoms with E-state index < -0.39 is 25.6 Å². The number of hydrogen-bond donors (Lipinski definition) is 3. The Morgan fingerprint density at radius 3 is 2.00 bits per heavy atom. The minimum absolute atomic E-state index is 0. The van der Waals surface area contributed by atoms with Crippen LogP contribution < -0.4 is 15.6 Å². The highest BCUT2D eigenvalue weighted by atomic mass is 35.5. The normalized spacial score (nSPS) is 12.7. The van der Waals surface area contributed by atoms with Crippen molar-refractivity contribution in [2.24, 2.45) is 10.9 Å². The van der Waals surface area contributed by atoms with Gasteiger partial charge >= 0.3 is 0 Å². The van der Waals surface area contributed by atoms with E-state index in [2.05, 4.69) is 4.72 Å². The Hall–Kier alpha value is -0.710. The first-order valence-electron chi connectivity index (χ1n) is 6.47. The third-order valence-electron chi connectivity index (χ3n) is 3.54. The van der Waals surface area contributed by atoms with Gasteiger partial charge in [-0.05, 0) is 31.0 Å². The lowest BCUT2D eigenvalue weighted by Crippen LogP contribution is -2.52. The van der Waals surface area contributed by atoms with Gasteiger partial charge in [0.05, 0.1) is 9.79 Å². The molecule has 0 amide bonds. The highest BCUT2D eigenvalue weighted by molar-refractivity contribution is 7.90. The standard InChI is InChI=1S/C12H21N3O4S2.ClH/c1-3-12(4-2,9-13)15-21(18,19)11-7-5-6-10(8-11)20(14,16)17;/h5-8,15H,3-4,9,13H2,1-2H3,(H2,14,16,17);1H. The smallest absolute Gasteiger partial charge is 0.241 e. The highest BCUT2D eigenvalue weighted by Gasteiger charge is 2.31. The molecule has 0 aromatic heterocycles. The first kappa shape index (κ1) is 21.3. The fourth-order valence-electron chi connectivity index (χ4n) is 1.89. The van der Waals surface area contributed by atoms with Crippen LogP contribution in [0.15, 0.2) is 34.1 Å². The van der Waals surface area contributed by atoms with E-state index >= 15 is 0 Å². The van der Waals surface area contributed by atoms with Crippen LogP contribution in [0.5, 0.6) is 0 Å². The van der Waals surface area contributed by atoms with Crippen molar-refractivity contribution < 1.29 is 16.8 Å². The summed E-state index contributed by atoms with van der Waals surface area (Å²) in [7, 11) is -7.85. The molecule has 0 aliphatic rings. The van der Waals surface area contributed by atoms with E-state index in [1.165, 1.54) is 18.2 Å². The van der Waals surface area contributed by atoms with Gasteiger partial charge in [0.25, 0.3) is 0 Å². The topological polar surface area (TPSA) is 132 Å². The van der Waals surface area contributed by atoms with Gasteiger partial charge in [0.2, 0.25) is 20.0 Å².